The third-order valence-electron chi connectivity index (χ3n) is 5.05. The summed E-state index contributed by atoms with van der Waals surface area (Å²) in [7, 11) is 4.10. The molecule has 0 aliphatic carbocycles. The summed E-state index contributed by atoms with van der Waals surface area (Å²) in [4.78, 5) is 21.2. The quantitative estimate of drug-likeness (QED) is 0.458. The molecule has 1 N–H and O–H groups in total. The number of hydrogen-bond acceptors (Lipinski definition) is 5. The van der Waals surface area contributed by atoms with E-state index in [4.69, 9.17) is 4.98 Å². The van der Waals surface area contributed by atoms with Gasteiger partial charge in [0.2, 0.25) is 0 Å². The van der Waals surface area contributed by atoms with Crippen LogP contribution in [0.1, 0.15) is 41.4 Å². The molecule has 160 valence electrons. The zero-order valence-electron chi connectivity index (χ0n) is 18.3. The van der Waals surface area contributed by atoms with E-state index in [1.165, 1.54) is 5.56 Å². The molecule has 6 nitrogen and oxygen atoms in total. The molecule has 0 saturated heterocycles. The van der Waals surface area contributed by atoms with Crippen LogP contribution < -0.4 is 5.32 Å². The summed E-state index contributed by atoms with van der Waals surface area (Å²) in [6.07, 6.45) is 1.74. The first-order chi connectivity index (χ1) is 14.9. The van der Waals surface area contributed by atoms with Crippen molar-refractivity contribution in [3.8, 4) is 10.6 Å². The summed E-state index contributed by atoms with van der Waals surface area (Å²) in [5.41, 5.74) is 4.45. The highest BCUT2D eigenvalue weighted by Crippen LogP contribution is 2.29. The molecule has 1 amide bonds. The highest BCUT2D eigenvalue weighted by atomic mass is 32.1. The van der Waals surface area contributed by atoms with Crippen LogP contribution in [-0.4, -0.2) is 39.7 Å². The van der Waals surface area contributed by atoms with Crippen molar-refractivity contribution < 1.29 is 4.79 Å². The number of aromatic nitrogens is 3. The summed E-state index contributed by atoms with van der Waals surface area (Å²) in [5.74, 6) is -0.120. The van der Waals surface area contributed by atoms with Crippen LogP contribution in [0, 0.1) is 0 Å². The zero-order chi connectivity index (χ0) is 22.0. The lowest BCUT2D eigenvalue weighted by Gasteiger charge is -2.12. The fourth-order valence-electron chi connectivity index (χ4n) is 3.54. The van der Waals surface area contributed by atoms with E-state index in [0.717, 1.165) is 33.7 Å². The van der Waals surface area contributed by atoms with Gasteiger partial charge >= 0.3 is 0 Å². The number of carbonyl (C=O) groups is 1. The summed E-state index contributed by atoms with van der Waals surface area (Å²) in [5, 5.41) is 10.3. The van der Waals surface area contributed by atoms with E-state index in [1.807, 2.05) is 28.3 Å². The summed E-state index contributed by atoms with van der Waals surface area (Å²) < 4.78 is 1.87. The molecule has 4 aromatic rings. The molecule has 7 heteroatoms. The molecule has 0 bridgehead atoms. The zero-order valence-corrected chi connectivity index (χ0v) is 19.1. The predicted octanol–water partition coefficient (Wildman–Crippen LogP) is 4.73. The van der Waals surface area contributed by atoms with Crippen LogP contribution in [0.2, 0.25) is 0 Å². The number of rotatable bonds is 7. The molecular formula is C24H27N5OS. The van der Waals surface area contributed by atoms with Crippen molar-refractivity contribution in [3.63, 3.8) is 0 Å². The largest absolute Gasteiger partial charge is 0.348 e. The van der Waals surface area contributed by atoms with Gasteiger partial charge in [0.05, 0.1) is 27.7 Å². The molecule has 4 rings (SSSR count). The van der Waals surface area contributed by atoms with Crippen molar-refractivity contribution in [1.82, 2.24) is 25.0 Å². The monoisotopic (exact) mass is 433 g/mol. The Kier molecular flexibility index (Phi) is 6.15. The number of amides is 1. The number of hydrogen-bond donors (Lipinski definition) is 1. The molecule has 0 radical (unpaired) electrons. The van der Waals surface area contributed by atoms with Crippen LogP contribution in [0.15, 0.2) is 54.0 Å². The van der Waals surface area contributed by atoms with Crippen LogP contribution >= 0.6 is 11.3 Å². The van der Waals surface area contributed by atoms with E-state index in [1.54, 1.807) is 17.5 Å². The van der Waals surface area contributed by atoms with Gasteiger partial charge in [-0.3, -0.25) is 4.79 Å². The van der Waals surface area contributed by atoms with Gasteiger partial charge in [0, 0.05) is 19.1 Å². The van der Waals surface area contributed by atoms with Crippen LogP contribution in [0.3, 0.4) is 0 Å². The van der Waals surface area contributed by atoms with Gasteiger partial charge in [0.15, 0.2) is 5.65 Å². The Morgan fingerprint density at radius 2 is 1.90 bits per heavy atom. The predicted molar refractivity (Wildman–Crippen MR) is 126 cm³/mol. The first-order valence-electron chi connectivity index (χ1n) is 10.3. The highest BCUT2D eigenvalue weighted by Gasteiger charge is 2.18. The number of nitrogens with zero attached hydrogens (tertiary/aromatic N) is 4. The molecule has 31 heavy (non-hydrogen) atoms. The maximum atomic E-state index is 13.2. The minimum Gasteiger partial charge on any atom is -0.348 e. The Bertz CT molecular complexity index is 1180. The SMILES string of the molecule is CC(C)n1ncc2c(C(=O)NCc3ccc(CN(C)C)cc3)cc(-c3cccs3)nc21. The smallest absolute Gasteiger partial charge is 0.252 e. The second-order valence-corrected chi connectivity index (χ2v) is 9.14. The molecule has 0 unspecified atom stereocenters. The number of thiophene rings is 1. The molecular weight excluding hydrogens is 406 g/mol. The number of benzene rings is 1. The molecule has 1 aromatic carbocycles. The van der Waals surface area contributed by atoms with Crippen molar-refractivity contribution in [2.75, 3.05) is 14.1 Å². The standard InChI is InChI=1S/C24H27N5OS/c1-16(2)29-23-20(14-26-29)19(12-21(27-23)22-6-5-11-31-22)24(30)25-13-17-7-9-18(10-8-17)15-28(3)4/h5-12,14,16H,13,15H2,1-4H3,(H,25,30). The van der Waals surface area contributed by atoms with Crippen LogP contribution in [0.5, 0.6) is 0 Å². The molecule has 3 aromatic heterocycles. The van der Waals surface area contributed by atoms with E-state index in [2.05, 4.69) is 67.5 Å². The van der Waals surface area contributed by atoms with E-state index >= 15 is 0 Å². The molecule has 0 aliphatic heterocycles. The van der Waals surface area contributed by atoms with E-state index in [-0.39, 0.29) is 11.9 Å². The first kappa shape index (κ1) is 21.2. The van der Waals surface area contributed by atoms with Crippen molar-refractivity contribution in [2.45, 2.75) is 33.0 Å². The van der Waals surface area contributed by atoms with Gasteiger partial charge in [0.1, 0.15) is 0 Å². The minimum atomic E-state index is -0.120. The Hall–Kier alpha value is -3.03. The summed E-state index contributed by atoms with van der Waals surface area (Å²) >= 11 is 1.61. The Morgan fingerprint density at radius 3 is 2.55 bits per heavy atom. The van der Waals surface area contributed by atoms with Crippen molar-refractivity contribution in [2.24, 2.45) is 0 Å². The number of nitrogens with one attached hydrogen (secondary N) is 1. The maximum Gasteiger partial charge on any atom is 0.252 e. The van der Waals surface area contributed by atoms with Gasteiger partial charge in [-0.25, -0.2) is 9.67 Å². The van der Waals surface area contributed by atoms with Gasteiger partial charge in [0.25, 0.3) is 5.91 Å². The average Bonchev–Trinajstić information content (AvgIpc) is 3.41. The van der Waals surface area contributed by atoms with Crippen LogP contribution in [-0.2, 0) is 13.1 Å². The lowest BCUT2D eigenvalue weighted by atomic mass is 10.1. The molecule has 3 heterocycles. The topological polar surface area (TPSA) is 63.1 Å². The maximum absolute atomic E-state index is 13.2. The van der Waals surface area contributed by atoms with Crippen molar-refractivity contribution in [3.05, 3.63) is 70.7 Å². The first-order valence-corrected chi connectivity index (χ1v) is 11.2. The van der Waals surface area contributed by atoms with Crippen LogP contribution in [0.25, 0.3) is 21.6 Å². The van der Waals surface area contributed by atoms with E-state index in [9.17, 15) is 4.79 Å². The third-order valence-corrected chi connectivity index (χ3v) is 5.94. The molecule has 0 spiro atoms. The third kappa shape index (κ3) is 4.68. The average molecular weight is 434 g/mol. The van der Waals surface area contributed by atoms with Crippen molar-refractivity contribution >= 4 is 28.3 Å². The second-order valence-electron chi connectivity index (χ2n) is 8.19. The minimum absolute atomic E-state index is 0.120. The Labute approximate surface area is 186 Å². The van der Waals surface area contributed by atoms with E-state index in [0.29, 0.717) is 12.1 Å². The molecule has 0 atom stereocenters. The molecule has 0 aliphatic rings. The summed E-state index contributed by atoms with van der Waals surface area (Å²) in [6.45, 7) is 5.49. The molecule has 0 fully saturated rings. The Morgan fingerprint density at radius 1 is 1.16 bits per heavy atom. The second kappa shape index (κ2) is 8.99. The van der Waals surface area contributed by atoms with Crippen LogP contribution in [0.4, 0.5) is 0 Å². The fraction of sp³-hybridized carbons (Fsp3) is 0.292. The van der Waals surface area contributed by atoms with Gasteiger partial charge in [-0.05, 0) is 56.6 Å². The highest BCUT2D eigenvalue weighted by molar-refractivity contribution is 7.13. The number of fused-ring (bicyclic) bond motifs is 1. The van der Waals surface area contributed by atoms with Gasteiger partial charge in [-0.2, -0.15) is 5.10 Å². The van der Waals surface area contributed by atoms with Gasteiger partial charge < -0.3 is 10.2 Å². The van der Waals surface area contributed by atoms with Crippen molar-refractivity contribution in [1.29, 1.82) is 0 Å². The lowest BCUT2D eigenvalue weighted by Crippen LogP contribution is -2.23. The summed E-state index contributed by atoms with van der Waals surface area (Å²) in [6, 6.07) is 14.4. The molecule has 0 saturated carbocycles. The number of pyridine rings is 1. The van der Waals surface area contributed by atoms with E-state index < -0.39 is 0 Å². The fourth-order valence-corrected chi connectivity index (χ4v) is 4.23. The van der Waals surface area contributed by atoms with Gasteiger partial charge in [-0.1, -0.05) is 30.3 Å². The normalized spacial score (nSPS) is 11.5. The van der Waals surface area contributed by atoms with Gasteiger partial charge in [-0.15, -0.1) is 11.3 Å². The number of carbonyl (C=O) groups excluding carboxylic acids is 1. The Balaban J connectivity index is 1.61. The lowest BCUT2D eigenvalue weighted by molar-refractivity contribution is 0.0952.